The van der Waals surface area contributed by atoms with Gasteiger partial charge in [-0.15, -0.1) is 0 Å². The fourth-order valence-corrected chi connectivity index (χ4v) is 3.99. The van der Waals surface area contributed by atoms with Crippen molar-refractivity contribution in [1.82, 2.24) is 0 Å². The van der Waals surface area contributed by atoms with Gasteiger partial charge in [0.25, 0.3) is 0 Å². The summed E-state index contributed by atoms with van der Waals surface area (Å²) in [6.07, 6.45) is 27.2. The van der Waals surface area contributed by atoms with E-state index in [0.29, 0.717) is 0 Å². The largest absolute Gasteiger partial charge is 0.303 e. The minimum absolute atomic E-state index is 0.00708. The van der Waals surface area contributed by atoms with Crippen molar-refractivity contribution in [3.8, 4) is 0 Å². The van der Waals surface area contributed by atoms with Crippen LogP contribution in [0, 0.1) is 23.7 Å². The van der Waals surface area contributed by atoms with Gasteiger partial charge in [-0.3, -0.25) is 0 Å². The van der Waals surface area contributed by atoms with Crippen LogP contribution in [0.1, 0.15) is 110 Å². The van der Waals surface area contributed by atoms with E-state index < -0.39 is 0 Å². The van der Waals surface area contributed by atoms with Gasteiger partial charge in [-0.1, -0.05) is 63.8 Å². The first-order valence-corrected chi connectivity index (χ1v) is 13.2. The van der Waals surface area contributed by atoms with Gasteiger partial charge >= 0.3 is 0 Å². The van der Waals surface area contributed by atoms with Crippen LogP contribution in [0.2, 0.25) is 0 Å². The highest BCUT2D eigenvalue weighted by Gasteiger charge is 2.14. The van der Waals surface area contributed by atoms with Crippen molar-refractivity contribution in [2.45, 2.75) is 110 Å². The standard InChI is InChI=1S/C29H48O4/c1-3-4-12-15-27(23-31)16-13-10-8-6-5-7-9-11-14-17-28(24-32)20-21-29(25-33)19-18-26(2)22-30/h5-8,22-29H,3-4,9-21H2,1-2H3. The van der Waals surface area contributed by atoms with Crippen molar-refractivity contribution in [2.24, 2.45) is 23.7 Å². The highest BCUT2D eigenvalue weighted by atomic mass is 16.1. The average Bonchev–Trinajstić information content (AvgIpc) is 2.84. The highest BCUT2D eigenvalue weighted by molar-refractivity contribution is 5.56. The van der Waals surface area contributed by atoms with Crippen molar-refractivity contribution in [1.29, 1.82) is 0 Å². The lowest BCUT2D eigenvalue weighted by molar-refractivity contribution is -0.114. The van der Waals surface area contributed by atoms with E-state index in [0.717, 1.165) is 109 Å². The summed E-state index contributed by atoms with van der Waals surface area (Å²) < 4.78 is 0. The summed E-state index contributed by atoms with van der Waals surface area (Å²) in [7, 11) is 0. The number of carbonyl (C=O) groups excluding carboxylic acids is 4. The van der Waals surface area contributed by atoms with E-state index in [1.165, 1.54) is 12.8 Å². The smallest absolute Gasteiger partial charge is 0.123 e. The molecule has 0 saturated carbocycles. The van der Waals surface area contributed by atoms with Crippen LogP contribution in [0.15, 0.2) is 24.3 Å². The van der Waals surface area contributed by atoms with Gasteiger partial charge in [0.15, 0.2) is 0 Å². The molecule has 0 N–H and O–H groups in total. The third-order valence-corrected chi connectivity index (χ3v) is 6.41. The number of hydrogen-bond acceptors (Lipinski definition) is 4. The molecule has 188 valence electrons. The second-order valence-corrected chi connectivity index (χ2v) is 9.52. The first kappa shape index (κ1) is 31.2. The van der Waals surface area contributed by atoms with Gasteiger partial charge in [-0.05, 0) is 70.6 Å². The Hall–Kier alpha value is -1.84. The topological polar surface area (TPSA) is 68.3 Å². The average molecular weight is 461 g/mol. The number of aldehydes is 4. The molecule has 0 aromatic rings. The second kappa shape index (κ2) is 23.3. The van der Waals surface area contributed by atoms with E-state index in [9.17, 15) is 19.2 Å². The van der Waals surface area contributed by atoms with Gasteiger partial charge in [0.1, 0.15) is 25.1 Å². The van der Waals surface area contributed by atoms with Gasteiger partial charge in [0.05, 0.1) is 0 Å². The molecule has 4 unspecified atom stereocenters. The molecule has 4 nitrogen and oxygen atoms in total. The highest BCUT2D eigenvalue weighted by Crippen LogP contribution is 2.20. The summed E-state index contributed by atoms with van der Waals surface area (Å²) in [5.74, 6) is 0.200. The molecule has 0 rings (SSSR count). The molecule has 4 atom stereocenters. The van der Waals surface area contributed by atoms with Crippen LogP contribution in [0.5, 0.6) is 0 Å². The van der Waals surface area contributed by atoms with Gasteiger partial charge in [0, 0.05) is 23.7 Å². The predicted octanol–water partition coefficient (Wildman–Crippen LogP) is 7.25. The Morgan fingerprint density at radius 1 is 0.515 bits per heavy atom. The molecule has 4 heteroatoms. The maximum atomic E-state index is 11.4. The van der Waals surface area contributed by atoms with Crippen molar-refractivity contribution in [3.05, 3.63) is 24.3 Å². The van der Waals surface area contributed by atoms with Gasteiger partial charge in [0.2, 0.25) is 0 Å². The zero-order valence-corrected chi connectivity index (χ0v) is 21.2. The molecular formula is C29H48O4. The first-order valence-electron chi connectivity index (χ1n) is 13.2. The first-order chi connectivity index (χ1) is 16.1. The van der Waals surface area contributed by atoms with Crippen LogP contribution in [0.4, 0.5) is 0 Å². The lowest BCUT2D eigenvalue weighted by atomic mass is 9.89. The minimum atomic E-state index is -0.0463. The molecule has 0 aliphatic heterocycles. The monoisotopic (exact) mass is 460 g/mol. The van der Waals surface area contributed by atoms with Crippen LogP contribution in [-0.2, 0) is 19.2 Å². The van der Waals surface area contributed by atoms with Gasteiger partial charge in [-0.2, -0.15) is 0 Å². The number of allylic oxidation sites excluding steroid dienone is 4. The molecular weight excluding hydrogens is 412 g/mol. The Bertz CT molecular complexity index is 552. The fourth-order valence-electron chi connectivity index (χ4n) is 3.99. The minimum Gasteiger partial charge on any atom is -0.303 e. The summed E-state index contributed by atoms with van der Waals surface area (Å²) >= 11 is 0. The second-order valence-electron chi connectivity index (χ2n) is 9.52. The lowest BCUT2D eigenvalue weighted by Crippen LogP contribution is -2.10. The maximum Gasteiger partial charge on any atom is 0.123 e. The number of rotatable bonds is 24. The number of carbonyl (C=O) groups is 4. The van der Waals surface area contributed by atoms with E-state index in [1.54, 1.807) is 0 Å². The normalized spacial score (nSPS) is 15.3. The Morgan fingerprint density at radius 3 is 1.52 bits per heavy atom. The van der Waals surface area contributed by atoms with Crippen LogP contribution < -0.4 is 0 Å². The molecule has 0 bridgehead atoms. The zero-order chi connectivity index (χ0) is 24.6. The zero-order valence-electron chi connectivity index (χ0n) is 21.2. The molecule has 0 spiro atoms. The molecule has 0 aliphatic carbocycles. The van der Waals surface area contributed by atoms with E-state index >= 15 is 0 Å². The van der Waals surface area contributed by atoms with Gasteiger partial charge in [-0.25, -0.2) is 0 Å². The quantitative estimate of drug-likeness (QED) is 0.0864. The molecule has 0 aromatic carbocycles. The lowest BCUT2D eigenvalue weighted by Gasteiger charge is -2.14. The van der Waals surface area contributed by atoms with Crippen LogP contribution in [-0.4, -0.2) is 25.1 Å². The molecule has 0 amide bonds. The fraction of sp³-hybridized carbons (Fsp3) is 0.724. The maximum absolute atomic E-state index is 11.4. The predicted molar refractivity (Wildman–Crippen MR) is 137 cm³/mol. The Labute approximate surface area is 202 Å². The molecule has 0 aliphatic rings. The van der Waals surface area contributed by atoms with E-state index in [1.807, 2.05) is 6.92 Å². The van der Waals surface area contributed by atoms with Crippen molar-refractivity contribution < 1.29 is 19.2 Å². The van der Waals surface area contributed by atoms with Crippen molar-refractivity contribution in [3.63, 3.8) is 0 Å². The number of unbranched alkanes of at least 4 members (excludes halogenated alkanes) is 5. The molecule has 0 aromatic heterocycles. The number of hydrogen-bond donors (Lipinski definition) is 0. The van der Waals surface area contributed by atoms with E-state index in [2.05, 4.69) is 31.2 Å². The summed E-state index contributed by atoms with van der Waals surface area (Å²) in [4.78, 5) is 44.4. The molecule has 33 heavy (non-hydrogen) atoms. The third kappa shape index (κ3) is 19.3. The summed E-state index contributed by atoms with van der Waals surface area (Å²) in [6, 6.07) is 0. The third-order valence-electron chi connectivity index (χ3n) is 6.41. The Morgan fingerprint density at radius 2 is 0.970 bits per heavy atom. The Balaban J connectivity index is 3.86. The summed E-state index contributed by atoms with van der Waals surface area (Å²) in [5.41, 5.74) is 0. The SMILES string of the molecule is CCCCCC(C=O)CCCC=CC=CCCCCC(C=O)CCC(C=O)CCC(C)C=O. The van der Waals surface area contributed by atoms with Crippen molar-refractivity contribution in [2.75, 3.05) is 0 Å². The van der Waals surface area contributed by atoms with E-state index in [4.69, 9.17) is 0 Å². The summed E-state index contributed by atoms with van der Waals surface area (Å²) in [6.45, 7) is 4.05. The molecule has 0 fully saturated rings. The van der Waals surface area contributed by atoms with E-state index in [-0.39, 0.29) is 23.7 Å². The Kier molecular flexibility index (Phi) is 22.0. The molecule has 0 radical (unpaired) electrons. The summed E-state index contributed by atoms with van der Waals surface area (Å²) in [5, 5.41) is 0. The van der Waals surface area contributed by atoms with Crippen LogP contribution >= 0.6 is 0 Å². The molecule has 0 heterocycles. The van der Waals surface area contributed by atoms with Crippen LogP contribution in [0.3, 0.4) is 0 Å². The van der Waals surface area contributed by atoms with Crippen LogP contribution in [0.25, 0.3) is 0 Å². The molecule has 0 saturated heterocycles. The van der Waals surface area contributed by atoms with Gasteiger partial charge < -0.3 is 19.2 Å². The van der Waals surface area contributed by atoms with Crippen molar-refractivity contribution >= 4 is 25.1 Å².